The lowest BCUT2D eigenvalue weighted by Crippen LogP contribution is -2.34. The summed E-state index contributed by atoms with van der Waals surface area (Å²) in [7, 11) is 0. The van der Waals surface area contributed by atoms with Gasteiger partial charge < -0.3 is 15.0 Å². The van der Waals surface area contributed by atoms with Gasteiger partial charge in [-0.05, 0) is 105 Å². The summed E-state index contributed by atoms with van der Waals surface area (Å²) in [5, 5.41) is 15.5. The standard InChI is InChI=1S/C30H36N6O2S/c1-7-35(8-2)23-12-13-28(21(6)14-23)36-33-26-15-20(5)25(17-27(26)34-36)31-30(39)32-29(37)22-10-9-11-24(16-22)38-18-19(3)4/h9-17,19H,7-8,18H2,1-6H3,(H2,31,32,37,39). The zero-order valence-corrected chi connectivity index (χ0v) is 24.2. The van der Waals surface area contributed by atoms with Crippen LogP contribution in [0.1, 0.15) is 49.2 Å². The Kier molecular flexibility index (Phi) is 8.81. The van der Waals surface area contributed by atoms with Crippen LogP contribution in [0.15, 0.2) is 54.6 Å². The summed E-state index contributed by atoms with van der Waals surface area (Å²) >= 11 is 5.45. The fourth-order valence-corrected chi connectivity index (χ4v) is 4.48. The molecule has 0 bridgehead atoms. The minimum atomic E-state index is -0.309. The van der Waals surface area contributed by atoms with Gasteiger partial charge in [0.1, 0.15) is 16.8 Å². The molecule has 9 heteroatoms. The number of benzene rings is 3. The van der Waals surface area contributed by atoms with Crippen molar-refractivity contribution in [1.82, 2.24) is 20.3 Å². The van der Waals surface area contributed by atoms with Gasteiger partial charge >= 0.3 is 0 Å². The van der Waals surface area contributed by atoms with Gasteiger partial charge in [-0.25, -0.2) is 0 Å². The summed E-state index contributed by atoms with van der Waals surface area (Å²) in [6.07, 6.45) is 0. The molecule has 1 aromatic heterocycles. The van der Waals surface area contributed by atoms with Crippen molar-refractivity contribution in [3.8, 4) is 11.4 Å². The van der Waals surface area contributed by atoms with Crippen LogP contribution in [0.3, 0.4) is 0 Å². The third kappa shape index (κ3) is 6.72. The minimum Gasteiger partial charge on any atom is -0.493 e. The molecule has 0 spiro atoms. The molecular weight excluding hydrogens is 508 g/mol. The van der Waals surface area contributed by atoms with Crippen LogP contribution in [-0.4, -0.2) is 45.7 Å². The zero-order valence-electron chi connectivity index (χ0n) is 23.4. The second-order valence-electron chi connectivity index (χ2n) is 9.93. The first-order valence-electron chi connectivity index (χ1n) is 13.3. The summed E-state index contributed by atoms with van der Waals surface area (Å²) in [4.78, 5) is 16.8. The normalized spacial score (nSPS) is 11.1. The van der Waals surface area contributed by atoms with Gasteiger partial charge in [-0.2, -0.15) is 4.80 Å². The Morgan fingerprint density at radius 2 is 1.72 bits per heavy atom. The number of aromatic nitrogens is 3. The van der Waals surface area contributed by atoms with E-state index in [2.05, 4.69) is 68.4 Å². The monoisotopic (exact) mass is 544 g/mol. The summed E-state index contributed by atoms with van der Waals surface area (Å²) in [6.45, 7) is 15.0. The maximum atomic E-state index is 12.8. The number of hydrogen-bond donors (Lipinski definition) is 2. The van der Waals surface area contributed by atoms with Gasteiger partial charge in [0.25, 0.3) is 5.91 Å². The van der Waals surface area contributed by atoms with Crippen LogP contribution in [0.2, 0.25) is 0 Å². The first-order valence-corrected chi connectivity index (χ1v) is 13.7. The Morgan fingerprint density at radius 1 is 1.00 bits per heavy atom. The molecular formula is C30H36N6O2S. The highest BCUT2D eigenvalue weighted by atomic mass is 32.1. The molecule has 8 nitrogen and oxygen atoms in total. The van der Waals surface area contributed by atoms with Crippen molar-refractivity contribution in [3.05, 3.63) is 71.3 Å². The molecule has 0 aliphatic rings. The van der Waals surface area contributed by atoms with E-state index in [4.69, 9.17) is 27.2 Å². The van der Waals surface area contributed by atoms with Gasteiger partial charge in [0, 0.05) is 30.0 Å². The van der Waals surface area contributed by atoms with Crippen LogP contribution in [0.5, 0.6) is 5.75 Å². The minimum absolute atomic E-state index is 0.200. The lowest BCUT2D eigenvalue weighted by Gasteiger charge is -2.22. The quantitative estimate of drug-likeness (QED) is 0.248. The van der Waals surface area contributed by atoms with E-state index in [1.807, 2.05) is 25.1 Å². The van der Waals surface area contributed by atoms with Crippen LogP contribution in [0.25, 0.3) is 16.7 Å². The first kappa shape index (κ1) is 28.0. The molecule has 0 fully saturated rings. The number of hydrogen-bond acceptors (Lipinski definition) is 6. The molecule has 39 heavy (non-hydrogen) atoms. The number of carbonyl (C=O) groups is 1. The summed E-state index contributed by atoms with van der Waals surface area (Å²) in [5.74, 6) is 0.733. The van der Waals surface area contributed by atoms with E-state index in [0.29, 0.717) is 23.8 Å². The number of ether oxygens (including phenoxy) is 1. The van der Waals surface area contributed by atoms with Gasteiger partial charge in [0.2, 0.25) is 0 Å². The number of nitrogens with one attached hydrogen (secondary N) is 2. The molecule has 1 heterocycles. The summed E-state index contributed by atoms with van der Waals surface area (Å²) in [5.41, 5.74) is 6.86. The topological polar surface area (TPSA) is 84.3 Å². The molecule has 0 radical (unpaired) electrons. The Morgan fingerprint density at radius 3 is 2.38 bits per heavy atom. The van der Waals surface area contributed by atoms with Gasteiger partial charge in [-0.3, -0.25) is 10.1 Å². The smallest absolute Gasteiger partial charge is 0.257 e. The lowest BCUT2D eigenvalue weighted by molar-refractivity contribution is 0.0977. The van der Waals surface area contributed by atoms with E-state index < -0.39 is 0 Å². The van der Waals surface area contributed by atoms with E-state index >= 15 is 0 Å². The number of fused-ring (bicyclic) bond motifs is 1. The highest BCUT2D eigenvalue weighted by Crippen LogP contribution is 2.25. The Balaban J connectivity index is 1.48. The van der Waals surface area contributed by atoms with Crippen molar-refractivity contribution in [2.75, 3.05) is 29.9 Å². The Labute approximate surface area is 235 Å². The SMILES string of the molecule is CCN(CC)c1ccc(-n2nc3cc(C)c(NC(=S)NC(=O)c4cccc(OCC(C)C)c4)cc3n2)c(C)c1. The molecule has 4 rings (SSSR count). The van der Waals surface area contributed by atoms with Crippen LogP contribution in [0, 0.1) is 19.8 Å². The fraction of sp³-hybridized carbons (Fsp3) is 0.333. The largest absolute Gasteiger partial charge is 0.493 e. The predicted octanol–water partition coefficient (Wildman–Crippen LogP) is 6.05. The third-order valence-corrected chi connectivity index (χ3v) is 6.61. The molecule has 0 saturated carbocycles. The van der Waals surface area contributed by atoms with Gasteiger partial charge in [0.05, 0.1) is 12.3 Å². The average molecular weight is 545 g/mol. The predicted molar refractivity (Wildman–Crippen MR) is 162 cm³/mol. The molecule has 0 unspecified atom stereocenters. The maximum Gasteiger partial charge on any atom is 0.257 e. The van der Waals surface area contributed by atoms with Crippen LogP contribution in [-0.2, 0) is 0 Å². The number of aryl methyl sites for hydroxylation is 2. The second kappa shape index (κ2) is 12.3. The number of rotatable bonds is 9. The van der Waals surface area contributed by atoms with E-state index in [-0.39, 0.29) is 11.0 Å². The molecule has 0 atom stereocenters. The molecule has 4 aromatic rings. The van der Waals surface area contributed by atoms with Gasteiger partial charge in [0.15, 0.2) is 5.11 Å². The van der Waals surface area contributed by atoms with E-state index in [1.54, 1.807) is 23.0 Å². The van der Waals surface area contributed by atoms with Crippen LogP contribution in [0.4, 0.5) is 11.4 Å². The Hall–Kier alpha value is -3.98. The number of nitrogens with zero attached hydrogens (tertiary/aromatic N) is 4. The molecule has 1 amide bonds. The van der Waals surface area contributed by atoms with Crippen LogP contribution < -0.4 is 20.3 Å². The summed E-state index contributed by atoms with van der Waals surface area (Å²) < 4.78 is 5.74. The van der Waals surface area contributed by atoms with Crippen molar-refractivity contribution in [3.63, 3.8) is 0 Å². The summed E-state index contributed by atoms with van der Waals surface area (Å²) in [6, 6.07) is 17.3. The van der Waals surface area contributed by atoms with Crippen LogP contribution >= 0.6 is 12.2 Å². The van der Waals surface area contributed by atoms with Crippen molar-refractivity contribution < 1.29 is 9.53 Å². The molecule has 0 aliphatic heterocycles. The first-order chi connectivity index (χ1) is 18.7. The number of thiocarbonyl (C=S) groups is 1. The maximum absolute atomic E-state index is 12.8. The lowest BCUT2D eigenvalue weighted by atomic mass is 10.1. The van der Waals surface area contributed by atoms with Gasteiger partial charge in [-0.1, -0.05) is 19.9 Å². The Bertz CT molecular complexity index is 1490. The molecule has 204 valence electrons. The van der Waals surface area contributed by atoms with E-state index in [0.717, 1.165) is 46.6 Å². The fourth-order valence-electron chi connectivity index (χ4n) is 4.28. The number of anilines is 2. The zero-order chi connectivity index (χ0) is 28.1. The van der Waals surface area contributed by atoms with Crippen molar-refractivity contribution >= 4 is 45.6 Å². The van der Waals surface area contributed by atoms with Crippen molar-refractivity contribution in [1.29, 1.82) is 0 Å². The molecule has 0 aliphatic carbocycles. The number of carbonyl (C=O) groups excluding carboxylic acids is 1. The van der Waals surface area contributed by atoms with E-state index in [9.17, 15) is 4.79 Å². The van der Waals surface area contributed by atoms with Crippen molar-refractivity contribution in [2.45, 2.75) is 41.5 Å². The molecule has 0 saturated heterocycles. The van der Waals surface area contributed by atoms with E-state index in [1.165, 1.54) is 5.69 Å². The second-order valence-corrected chi connectivity index (χ2v) is 10.3. The highest BCUT2D eigenvalue weighted by molar-refractivity contribution is 7.80. The average Bonchev–Trinajstić information content (AvgIpc) is 3.30. The molecule has 2 N–H and O–H groups in total. The van der Waals surface area contributed by atoms with Gasteiger partial charge in [-0.15, -0.1) is 10.2 Å². The van der Waals surface area contributed by atoms with Crippen molar-refractivity contribution in [2.24, 2.45) is 5.92 Å². The number of amides is 1. The third-order valence-electron chi connectivity index (χ3n) is 6.41. The highest BCUT2D eigenvalue weighted by Gasteiger charge is 2.14. The molecule has 3 aromatic carbocycles.